The second kappa shape index (κ2) is 4.44. The number of aromatic nitrogens is 2. The van der Waals surface area contributed by atoms with Crippen LogP contribution in [-0.2, 0) is 20.1 Å². The van der Waals surface area contributed by atoms with Gasteiger partial charge in [-0.2, -0.15) is 28.9 Å². The van der Waals surface area contributed by atoms with Gasteiger partial charge in [0, 0.05) is 26.3 Å². The van der Waals surface area contributed by atoms with Gasteiger partial charge in [0.25, 0.3) is 0 Å². The molecule has 0 saturated carbocycles. The molecule has 3 heteroatoms. The second-order valence-corrected chi connectivity index (χ2v) is 4.61. The summed E-state index contributed by atoms with van der Waals surface area (Å²) in [4.78, 5) is 0. The number of nitrogens with zero attached hydrogens (tertiary/aromatic N) is 2. The zero-order valence-corrected chi connectivity index (χ0v) is 12.7. The first-order chi connectivity index (χ1) is 8.84. The molecule has 0 N–H and O–H groups in total. The molecule has 0 amide bonds. The average molecular weight is 423 g/mol. The first kappa shape index (κ1) is 12.3. The summed E-state index contributed by atoms with van der Waals surface area (Å²) in [7, 11) is 0. The number of fused-ring (bicyclic) bond motifs is 6. The molecule has 4 rings (SSSR count). The maximum absolute atomic E-state index is 4.41. The molecule has 0 saturated heterocycles. The number of aryl methyl sites for hydroxylation is 1. The van der Waals surface area contributed by atoms with E-state index in [4.69, 9.17) is 0 Å². The van der Waals surface area contributed by atoms with Gasteiger partial charge in [0.1, 0.15) is 0 Å². The Morgan fingerprint density at radius 2 is 1.84 bits per heavy atom. The zero-order chi connectivity index (χ0) is 12.1. The molecule has 1 radical (unpaired) electrons. The summed E-state index contributed by atoms with van der Waals surface area (Å²) in [6, 6.07) is 18.1. The molecule has 2 aromatic heterocycles. The molecule has 4 aromatic rings. The van der Waals surface area contributed by atoms with Gasteiger partial charge in [-0.15, -0.1) is 5.39 Å². The number of pyridine rings is 1. The molecule has 0 spiro atoms. The fourth-order valence-corrected chi connectivity index (χ4v) is 2.60. The molecular formula is C16H11IrN2-. The van der Waals surface area contributed by atoms with E-state index in [1.807, 2.05) is 16.8 Å². The molecule has 0 unspecified atom stereocenters. The van der Waals surface area contributed by atoms with Crippen molar-refractivity contribution in [3.63, 3.8) is 0 Å². The van der Waals surface area contributed by atoms with Crippen molar-refractivity contribution in [3.05, 3.63) is 60.3 Å². The van der Waals surface area contributed by atoms with Gasteiger partial charge in [0.2, 0.25) is 0 Å². The van der Waals surface area contributed by atoms with Gasteiger partial charge < -0.3 is 0 Å². The first-order valence-electron chi connectivity index (χ1n) is 6.01. The Morgan fingerprint density at radius 1 is 1.05 bits per heavy atom. The van der Waals surface area contributed by atoms with Crippen molar-refractivity contribution in [1.82, 2.24) is 9.61 Å². The quantitative estimate of drug-likeness (QED) is 0.311. The molecule has 0 aliphatic carbocycles. The average Bonchev–Trinajstić information content (AvgIpc) is 2.88. The maximum atomic E-state index is 4.41. The predicted molar refractivity (Wildman–Crippen MR) is 73.8 cm³/mol. The molecule has 95 valence electrons. The third kappa shape index (κ3) is 1.70. The van der Waals surface area contributed by atoms with E-state index in [0.29, 0.717) is 0 Å². The minimum atomic E-state index is 0. The van der Waals surface area contributed by atoms with Crippen LogP contribution in [0.3, 0.4) is 0 Å². The molecule has 2 heterocycles. The normalized spacial score (nSPS) is 11.0. The van der Waals surface area contributed by atoms with E-state index < -0.39 is 0 Å². The monoisotopic (exact) mass is 424 g/mol. The number of hydrogen-bond acceptors (Lipinski definition) is 1. The third-order valence-electron chi connectivity index (χ3n) is 3.41. The fourth-order valence-electron chi connectivity index (χ4n) is 2.60. The van der Waals surface area contributed by atoms with Crippen molar-refractivity contribution in [1.29, 1.82) is 0 Å². The van der Waals surface area contributed by atoms with Crippen molar-refractivity contribution in [3.8, 4) is 0 Å². The standard InChI is InChI=1S/C16H11N2.Ir/c1-11-6-7-15-14(10-11)12-4-2-3-5-13(12)16-8-9-17-18(15)16;/h2-6,8-10H,1H3;/q-1;. The summed E-state index contributed by atoms with van der Waals surface area (Å²) in [5, 5.41) is 8.12. The van der Waals surface area contributed by atoms with E-state index >= 15 is 0 Å². The van der Waals surface area contributed by atoms with Gasteiger partial charge in [0.15, 0.2) is 0 Å². The summed E-state index contributed by atoms with van der Waals surface area (Å²) in [5.74, 6) is 0. The molecule has 2 nitrogen and oxygen atoms in total. The van der Waals surface area contributed by atoms with Gasteiger partial charge in [-0.05, 0) is 17.0 Å². The van der Waals surface area contributed by atoms with Crippen LogP contribution in [-0.4, -0.2) is 9.61 Å². The van der Waals surface area contributed by atoms with Gasteiger partial charge in [-0.25, -0.2) is 0 Å². The van der Waals surface area contributed by atoms with Crippen molar-refractivity contribution in [2.24, 2.45) is 0 Å². The predicted octanol–water partition coefficient (Wildman–Crippen LogP) is 3.75. The summed E-state index contributed by atoms with van der Waals surface area (Å²) in [6.07, 6.45) is 1.84. The van der Waals surface area contributed by atoms with E-state index in [2.05, 4.69) is 54.5 Å². The van der Waals surface area contributed by atoms with E-state index in [1.54, 1.807) is 0 Å². The van der Waals surface area contributed by atoms with Crippen LogP contribution in [0.15, 0.2) is 48.7 Å². The molecule has 0 atom stereocenters. The molecular weight excluding hydrogens is 412 g/mol. The Bertz CT molecular complexity index is 893. The molecule has 0 aliphatic heterocycles. The van der Waals surface area contributed by atoms with Crippen molar-refractivity contribution in [2.75, 3.05) is 0 Å². The summed E-state index contributed by atoms with van der Waals surface area (Å²) >= 11 is 0. The van der Waals surface area contributed by atoms with Crippen LogP contribution < -0.4 is 0 Å². The van der Waals surface area contributed by atoms with Crippen LogP contribution in [0.1, 0.15) is 5.56 Å². The Balaban J connectivity index is 0.00000110. The second-order valence-electron chi connectivity index (χ2n) is 4.61. The van der Waals surface area contributed by atoms with Crippen LogP contribution >= 0.6 is 0 Å². The summed E-state index contributed by atoms with van der Waals surface area (Å²) in [5.41, 5.74) is 3.40. The van der Waals surface area contributed by atoms with Gasteiger partial charge in [-0.1, -0.05) is 36.6 Å². The molecule has 19 heavy (non-hydrogen) atoms. The molecule has 0 fully saturated rings. The van der Waals surface area contributed by atoms with Gasteiger partial charge >= 0.3 is 0 Å². The van der Waals surface area contributed by atoms with Gasteiger partial charge in [0.05, 0.1) is 5.52 Å². The number of hydrogen-bond donors (Lipinski definition) is 0. The van der Waals surface area contributed by atoms with Crippen LogP contribution in [0.2, 0.25) is 0 Å². The fraction of sp³-hybridized carbons (Fsp3) is 0.0625. The largest absolute Gasteiger partial charge is 0.257 e. The Hall–Kier alpha value is -1.70. The van der Waals surface area contributed by atoms with Crippen LogP contribution in [0, 0.1) is 13.0 Å². The van der Waals surface area contributed by atoms with Gasteiger partial charge in [-0.3, -0.25) is 4.52 Å². The van der Waals surface area contributed by atoms with E-state index in [0.717, 1.165) is 11.0 Å². The Labute approximate surface area is 124 Å². The van der Waals surface area contributed by atoms with E-state index in [9.17, 15) is 0 Å². The number of benzene rings is 2. The van der Waals surface area contributed by atoms with Crippen molar-refractivity contribution in [2.45, 2.75) is 6.92 Å². The van der Waals surface area contributed by atoms with E-state index in [1.165, 1.54) is 21.7 Å². The molecule has 0 aliphatic rings. The third-order valence-corrected chi connectivity index (χ3v) is 3.41. The SMILES string of the molecule is Cc1c[c-]c2c(c1)c1ccccc1c1ccnn21.[Ir]. The number of rotatable bonds is 0. The van der Waals surface area contributed by atoms with Crippen molar-refractivity contribution < 1.29 is 20.1 Å². The molecule has 0 bridgehead atoms. The van der Waals surface area contributed by atoms with Crippen LogP contribution in [0.25, 0.3) is 27.2 Å². The van der Waals surface area contributed by atoms with Crippen LogP contribution in [0.4, 0.5) is 0 Å². The Kier molecular flexibility index (Phi) is 2.89. The summed E-state index contributed by atoms with van der Waals surface area (Å²) < 4.78 is 1.97. The zero-order valence-electron chi connectivity index (χ0n) is 10.3. The van der Waals surface area contributed by atoms with Crippen molar-refractivity contribution >= 4 is 27.2 Å². The Morgan fingerprint density at radius 3 is 2.68 bits per heavy atom. The smallest absolute Gasteiger partial charge is 0.0711 e. The molecule has 2 aromatic carbocycles. The van der Waals surface area contributed by atoms with E-state index in [-0.39, 0.29) is 20.1 Å². The topological polar surface area (TPSA) is 17.3 Å². The minimum Gasteiger partial charge on any atom is -0.257 e. The summed E-state index contributed by atoms with van der Waals surface area (Å²) in [6.45, 7) is 2.10. The van der Waals surface area contributed by atoms with Crippen LogP contribution in [0.5, 0.6) is 0 Å². The maximum Gasteiger partial charge on any atom is 0.0711 e. The first-order valence-corrected chi connectivity index (χ1v) is 6.01. The minimum absolute atomic E-state index is 0.